The van der Waals surface area contributed by atoms with E-state index in [1.54, 1.807) is 0 Å². The first-order valence-corrected chi connectivity index (χ1v) is 7.90. The lowest BCUT2D eigenvalue weighted by Gasteiger charge is -2.02. The first kappa shape index (κ1) is 15.9. The van der Waals surface area contributed by atoms with Gasteiger partial charge in [-0.15, -0.1) is 0 Å². The summed E-state index contributed by atoms with van der Waals surface area (Å²) in [6.07, 6.45) is 4.25. The summed E-state index contributed by atoms with van der Waals surface area (Å²) < 4.78 is 0. The van der Waals surface area contributed by atoms with Gasteiger partial charge in [0.25, 0.3) is 0 Å². The zero-order valence-corrected chi connectivity index (χ0v) is 13.3. The van der Waals surface area contributed by atoms with Gasteiger partial charge in [-0.1, -0.05) is 56.7 Å². The molecule has 0 atom stereocenters. The van der Waals surface area contributed by atoms with Crippen molar-refractivity contribution in [1.29, 1.82) is 5.26 Å². The fraction of sp³-hybridized carbons (Fsp3) is 0.286. The van der Waals surface area contributed by atoms with E-state index in [1.165, 1.54) is 5.56 Å². The van der Waals surface area contributed by atoms with Gasteiger partial charge in [-0.3, -0.25) is 0 Å². The number of benzene rings is 2. The number of rotatable bonds is 4. The molecule has 0 aliphatic rings. The molecule has 1 nitrogen and oxygen atoms in total. The van der Waals surface area contributed by atoms with E-state index in [2.05, 4.69) is 56.0 Å². The smallest absolute Gasteiger partial charge is 0.0994 e. The van der Waals surface area contributed by atoms with Crippen molar-refractivity contribution >= 4 is 0 Å². The summed E-state index contributed by atoms with van der Waals surface area (Å²) in [4.78, 5) is 0. The second-order valence-electron chi connectivity index (χ2n) is 5.43. The van der Waals surface area contributed by atoms with Crippen LogP contribution in [0.15, 0.2) is 42.5 Å². The average Bonchev–Trinajstić information content (AvgIpc) is 2.55. The van der Waals surface area contributed by atoms with E-state index in [9.17, 15) is 5.26 Å². The topological polar surface area (TPSA) is 23.8 Å². The standard InChI is InChI=1S/C21H21N/c1-3-5-17-7-9-18(10-8-17)11-12-19-13-14-20(6-4-2)21(15-19)16-22/h7-10,13-15H,3-6H2,1-2H3. The van der Waals surface area contributed by atoms with Gasteiger partial charge in [-0.2, -0.15) is 5.26 Å². The molecule has 110 valence electrons. The highest BCUT2D eigenvalue weighted by atomic mass is 14.2. The van der Waals surface area contributed by atoms with Crippen LogP contribution in [0.2, 0.25) is 0 Å². The third-order valence-corrected chi connectivity index (χ3v) is 3.59. The lowest BCUT2D eigenvalue weighted by atomic mass is 10.0. The van der Waals surface area contributed by atoms with Gasteiger partial charge in [0, 0.05) is 11.1 Å². The van der Waals surface area contributed by atoms with Crippen molar-refractivity contribution < 1.29 is 0 Å². The number of aryl methyl sites for hydroxylation is 2. The molecule has 0 N–H and O–H groups in total. The summed E-state index contributed by atoms with van der Waals surface area (Å²) in [6, 6.07) is 16.6. The predicted molar refractivity (Wildman–Crippen MR) is 91.6 cm³/mol. The van der Waals surface area contributed by atoms with Gasteiger partial charge in [0.15, 0.2) is 0 Å². The van der Waals surface area contributed by atoms with Crippen LogP contribution in [-0.2, 0) is 12.8 Å². The van der Waals surface area contributed by atoms with E-state index < -0.39 is 0 Å². The Morgan fingerprint density at radius 1 is 0.818 bits per heavy atom. The number of hydrogen-bond acceptors (Lipinski definition) is 1. The molecule has 0 bridgehead atoms. The Kier molecular flexibility index (Phi) is 5.81. The van der Waals surface area contributed by atoms with E-state index in [0.717, 1.165) is 47.9 Å². The van der Waals surface area contributed by atoms with Gasteiger partial charge in [0.05, 0.1) is 11.6 Å². The minimum atomic E-state index is 0.743. The molecule has 0 aliphatic carbocycles. The highest BCUT2D eigenvalue weighted by Crippen LogP contribution is 2.13. The molecule has 1 heteroatoms. The Balaban J connectivity index is 2.19. The highest BCUT2D eigenvalue weighted by molar-refractivity contribution is 5.49. The van der Waals surface area contributed by atoms with Crippen molar-refractivity contribution in [3.8, 4) is 17.9 Å². The molecule has 2 rings (SSSR count). The summed E-state index contributed by atoms with van der Waals surface area (Å²) in [6.45, 7) is 4.31. The van der Waals surface area contributed by atoms with E-state index in [-0.39, 0.29) is 0 Å². The van der Waals surface area contributed by atoms with Crippen LogP contribution in [0.4, 0.5) is 0 Å². The van der Waals surface area contributed by atoms with Crippen LogP contribution in [0.3, 0.4) is 0 Å². The molecule has 0 saturated heterocycles. The summed E-state index contributed by atoms with van der Waals surface area (Å²) in [5.41, 5.74) is 5.11. The van der Waals surface area contributed by atoms with E-state index in [4.69, 9.17) is 0 Å². The SMILES string of the molecule is CCCc1ccc(C#Cc2ccc(CCC)c(C#N)c2)cc1. The van der Waals surface area contributed by atoms with Crippen LogP contribution >= 0.6 is 0 Å². The molecule has 0 aliphatic heterocycles. The van der Waals surface area contributed by atoms with Crippen molar-refractivity contribution in [3.63, 3.8) is 0 Å². The van der Waals surface area contributed by atoms with Gasteiger partial charge < -0.3 is 0 Å². The fourth-order valence-corrected chi connectivity index (χ4v) is 2.43. The molecule has 0 fully saturated rings. The maximum Gasteiger partial charge on any atom is 0.0994 e. The molecule has 2 aromatic carbocycles. The van der Waals surface area contributed by atoms with Crippen molar-refractivity contribution in [2.24, 2.45) is 0 Å². The number of nitriles is 1. The second kappa shape index (κ2) is 8.06. The zero-order valence-electron chi connectivity index (χ0n) is 13.3. The molecule has 0 unspecified atom stereocenters. The summed E-state index contributed by atoms with van der Waals surface area (Å²) in [7, 11) is 0. The molecule has 0 radical (unpaired) electrons. The minimum absolute atomic E-state index is 0.743. The number of hydrogen-bond donors (Lipinski definition) is 0. The maximum absolute atomic E-state index is 9.24. The Bertz CT molecular complexity index is 721. The van der Waals surface area contributed by atoms with Gasteiger partial charge in [0.1, 0.15) is 0 Å². The van der Waals surface area contributed by atoms with Crippen LogP contribution in [0.1, 0.15) is 54.5 Å². The van der Waals surface area contributed by atoms with Crippen molar-refractivity contribution in [2.45, 2.75) is 39.5 Å². The highest BCUT2D eigenvalue weighted by Gasteiger charge is 2.01. The second-order valence-corrected chi connectivity index (χ2v) is 5.43. The largest absolute Gasteiger partial charge is 0.192 e. The van der Waals surface area contributed by atoms with Crippen LogP contribution in [0, 0.1) is 23.2 Å². The Hall–Kier alpha value is -2.51. The molecule has 2 aromatic rings. The molecule has 0 saturated carbocycles. The summed E-state index contributed by atoms with van der Waals surface area (Å²) in [5, 5.41) is 9.24. The first-order valence-electron chi connectivity index (χ1n) is 7.90. The maximum atomic E-state index is 9.24. The zero-order chi connectivity index (χ0) is 15.8. The van der Waals surface area contributed by atoms with E-state index in [0.29, 0.717) is 0 Å². The number of nitrogens with zero attached hydrogens (tertiary/aromatic N) is 1. The van der Waals surface area contributed by atoms with Gasteiger partial charge in [-0.05, 0) is 48.2 Å². The molecular weight excluding hydrogens is 266 g/mol. The lowest BCUT2D eigenvalue weighted by molar-refractivity contribution is 0.918. The molecule has 0 amide bonds. The molecular formula is C21H21N. The van der Waals surface area contributed by atoms with E-state index in [1.807, 2.05) is 18.2 Å². The Labute approximate surface area is 133 Å². The van der Waals surface area contributed by atoms with Crippen molar-refractivity contribution in [3.05, 3.63) is 70.3 Å². The van der Waals surface area contributed by atoms with Crippen LogP contribution in [0.25, 0.3) is 0 Å². The normalized spacial score (nSPS) is 9.68. The summed E-state index contributed by atoms with van der Waals surface area (Å²) >= 11 is 0. The Morgan fingerprint density at radius 3 is 2.09 bits per heavy atom. The fourth-order valence-electron chi connectivity index (χ4n) is 2.43. The third-order valence-electron chi connectivity index (χ3n) is 3.59. The monoisotopic (exact) mass is 287 g/mol. The first-order chi connectivity index (χ1) is 10.8. The van der Waals surface area contributed by atoms with Gasteiger partial charge >= 0.3 is 0 Å². The quantitative estimate of drug-likeness (QED) is 0.736. The molecule has 22 heavy (non-hydrogen) atoms. The van der Waals surface area contributed by atoms with Crippen LogP contribution < -0.4 is 0 Å². The van der Waals surface area contributed by atoms with Crippen molar-refractivity contribution in [2.75, 3.05) is 0 Å². The molecule has 0 aromatic heterocycles. The van der Waals surface area contributed by atoms with Crippen LogP contribution in [-0.4, -0.2) is 0 Å². The predicted octanol–water partition coefficient (Wildman–Crippen LogP) is 4.86. The molecule has 0 heterocycles. The third kappa shape index (κ3) is 4.24. The van der Waals surface area contributed by atoms with Gasteiger partial charge in [0.2, 0.25) is 0 Å². The van der Waals surface area contributed by atoms with Crippen molar-refractivity contribution in [1.82, 2.24) is 0 Å². The minimum Gasteiger partial charge on any atom is -0.192 e. The van der Waals surface area contributed by atoms with Gasteiger partial charge in [-0.25, -0.2) is 0 Å². The van der Waals surface area contributed by atoms with Crippen LogP contribution in [0.5, 0.6) is 0 Å². The molecule has 0 spiro atoms. The average molecular weight is 287 g/mol. The lowest BCUT2D eigenvalue weighted by Crippen LogP contribution is -1.90. The summed E-state index contributed by atoms with van der Waals surface area (Å²) in [5.74, 6) is 6.33. The Morgan fingerprint density at radius 2 is 1.45 bits per heavy atom. The van der Waals surface area contributed by atoms with E-state index >= 15 is 0 Å².